The van der Waals surface area contributed by atoms with Crippen LogP contribution >= 0.6 is 0 Å². The minimum Gasteiger partial charge on any atom is -0.274 e. The van der Waals surface area contributed by atoms with Gasteiger partial charge in [0.1, 0.15) is 10.6 Å². The van der Waals surface area contributed by atoms with E-state index in [2.05, 4.69) is 23.7 Å². The summed E-state index contributed by atoms with van der Waals surface area (Å²) in [4.78, 5) is 0.222. The quantitative estimate of drug-likeness (QED) is 0.891. The highest BCUT2D eigenvalue weighted by Crippen LogP contribution is 2.25. The Kier molecular flexibility index (Phi) is 4.80. The van der Waals surface area contributed by atoms with Gasteiger partial charge in [-0.25, -0.2) is 13.1 Å². The van der Waals surface area contributed by atoms with Crippen LogP contribution in [0.2, 0.25) is 0 Å². The van der Waals surface area contributed by atoms with Crippen LogP contribution in [0.25, 0.3) is 11.3 Å². The number of sulfonamides is 1. The van der Waals surface area contributed by atoms with Gasteiger partial charge in [-0.1, -0.05) is 44.2 Å². The van der Waals surface area contributed by atoms with Gasteiger partial charge in [0.25, 0.3) is 0 Å². The third-order valence-electron chi connectivity index (χ3n) is 3.15. The summed E-state index contributed by atoms with van der Waals surface area (Å²) in [7, 11) is -1.83. The molecule has 0 aliphatic heterocycles. The van der Waals surface area contributed by atoms with E-state index < -0.39 is 10.0 Å². The van der Waals surface area contributed by atoms with Crippen LogP contribution in [0.5, 0.6) is 0 Å². The summed E-state index contributed by atoms with van der Waals surface area (Å²) >= 11 is 0. The van der Waals surface area contributed by atoms with Crippen molar-refractivity contribution >= 4 is 10.0 Å². The zero-order valence-corrected chi connectivity index (χ0v) is 13.4. The maximum absolute atomic E-state index is 12.5. The average molecular weight is 307 g/mol. The van der Waals surface area contributed by atoms with Crippen LogP contribution in [0.15, 0.2) is 41.4 Å². The van der Waals surface area contributed by atoms with Gasteiger partial charge in [-0.15, -0.1) is 0 Å². The molecule has 0 saturated carbocycles. The Bertz CT molecular complexity index is 691. The maximum atomic E-state index is 12.5. The summed E-state index contributed by atoms with van der Waals surface area (Å²) in [6.45, 7) is 4.56. The fraction of sp³-hybridized carbons (Fsp3) is 0.400. The van der Waals surface area contributed by atoms with Crippen LogP contribution in [0.4, 0.5) is 0 Å². The van der Waals surface area contributed by atoms with E-state index in [1.165, 1.54) is 4.68 Å². The lowest BCUT2D eigenvalue weighted by atomic mass is 10.1. The van der Waals surface area contributed by atoms with Gasteiger partial charge in [0.2, 0.25) is 10.0 Å². The summed E-state index contributed by atoms with van der Waals surface area (Å²) in [6, 6.07) is 9.34. The minimum atomic E-state index is -3.55. The normalized spacial score (nSPS) is 12.0. The third-order valence-corrected chi connectivity index (χ3v) is 4.61. The molecular weight excluding hydrogens is 286 g/mol. The number of benzene rings is 1. The van der Waals surface area contributed by atoms with Crippen LogP contribution in [-0.4, -0.2) is 24.7 Å². The highest BCUT2D eigenvalue weighted by molar-refractivity contribution is 7.89. The van der Waals surface area contributed by atoms with E-state index in [0.29, 0.717) is 18.2 Å². The van der Waals surface area contributed by atoms with Gasteiger partial charge in [0, 0.05) is 25.4 Å². The first-order valence-corrected chi connectivity index (χ1v) is 8.47. The number of hydrogen-bond donors (Lipinski definition) is 1. The first kappa shape index (κ1) is 15.7. The van der Waals surface area contributed by atoms with Gasteiger partial charge >= 0.3 is 0 Å². The molecule has 2 rings (SSSR count). The Hall–Kier alpha value is -1.66. The molecule has 0 aliphatic carbocycles. The molecule has 5 nitrogen and oxygen atoms in total. The maximum Gasteiger partial charge on any atom is 0.244 e. The molecule has 1 heterocycles. The predicted molar refractivity (Wildman–Crippen MR) is 83.3 cm³/mol. The second-order valence-electron chi connectivity index (χ2n) is 5.46. The van der Waals surface area contributed by atoms with E-state index in [9.17, 15) is 8.42 Å². The lowest BCUT2D eigenvalue weighted by Gasteiger charge is -2.08. The van der Waals surface area contributed by atoms with Crippen molar-refractivity contribution in [3.05, 3.63) is 36.5 Å². The van der Waals surface area contributed by atoms with Crippen molar-refractivity contribution in [2.24, 2.45) is 13.0 Å². The molecular formula is C15H21N3O2S. The summed E-state index contributed by atoms with van der Waals surface area (Å²) in [5, 5.41) is 4.29. The standard InChI is InChI=1S/C15H21N3O2S/c1-12(2)9-10-16-21(19,20)14-11-18(3)17-15(14)13-7-5-4-6-8-13/h4-8,11-12,16H,9-10H2,1-3H3. The van der Waals surface area contributed by atoms with Crippen molar-refractivity contribution in [1.29, 1.82) is 0 Å². The summed E-state index contributed by atoms with van der Waals surface area (Å²) in [5.41, 5.74) is 1.28. The second kappa shape index (κ2) is 6.41. The van der Waals surface area contributed by atoms with Crippen molar-refractivity contribution in [3.63, 3.8) is 0 Å². The zero-order chi connectivity index (χ0) is 15.5. The molecule has 0 unspecified atom stereocenters. The van der Waals surface area contributed by atoms with Crippen LogP contribution in [0.3, 0.4) is 0 Å². The highest BCUT2D eigenvalue weighted by Gasteiger charge is 2.22. The van der Waals surface area contributed by atoms with E-state index in [-0.39, 0.29) is 4.90 Å². The molecule has 0 bridgehead atoms. The van der Waals surface area contributed by atoms with Gasteiger partial charge in [0.05, 0.1) is 0 Å². The number of nitrogens with one attached hydrogen (secondary N) is 1. The SMILES string of the molecule is CC(C)CCNS(=O)(=O)c1cn(C)nc1-c1ccccc1. The molecule has 0 saturated heterocycles. The van der Waals surface area contributed by atoms with Crippen LogP contribution in [-0.2, 0) is 17.1 Å². The molecule has 0 amide bonds. The highest BCUT2D eigenvalue weighted by atomic mass is 32.2. The number of aryl methyl sites for hydroxylation is 1. The third kappa shape index (κ3) is 3.92. The topological polar surface area (TPSA) is 64.0 Å². The molecule has 2 aromatic rings. The number of aromatic nitrogens is 2. The Morgan fingerprint density at radius 2 is 1.90 bits per heavy atom. The largest absolute Gasteiger partial charge is 0.274 e. The predicted octanol–water partition coefficient (Wildman–Crippen LogP) is 2.41. The van der Waals surface area contributed by atoms with E-state index in [0.717, 1.165) is 12.0 Å². The van der Waals surface area contributed by atoms with Gasteiger partial charge in [-0.2, -0.15) is 5.10 Å². The first-order valence-electron chi connectivity index (χ1n) is 6.99. The molecule has 1 N–H and O–H groups in total. The summed E-state index contributed by atoms with van der Waals surface area (Å²) < 4.78 is 29.1. The van der Waals surface area contributed by atoms with Crippen molar-refractivity contribution in [2.75, 3.05) is 6.54 Å². The van der Waals surface area contributed by atoms with Crippen molar-refractivity contribution in [3.8, 4) is 11.3 Å². The molecule has 1 aromatic carbocycles. The molecule has 0 atom stereocenters. The van der Waals surface area contributed by atoms with Gasteiger partial charge in [0.15, 0.2) is 0 Å². The molecule has 0 aliphatic rings. The molecule has 6 heteroatoms. The number of hydrogen-bond acceptors (Lipinski definition) is 3. The molecule has 0 spiro atoms. The number of nitrogens with zero attached hydrogens (tertiary/aromatic N) is 2. The fourth-order valence-electron chi connectivity index (χ4n) is 2.02. The first-order chi connectivity index (χ1) is 9.90. The smallest absolute Gasteiger partial charge is 0.244 e. The zero-order valence-electron chi connectivity index (χ0n) is 12.6. The fourth-order valence-corrected chi connectivity index (χ4v) is 3.27. The second-order valence-corrected chi connectivity index (χ2v) is 7.20. The Morgan fingerprint density at radius 3 is 2.52 bits per heavy atom. The van der Waals surface area contributed by atoms with Crippen LogP contribution < -0.4 is 4.72 Å². The molecule has 0 fully saturated rings. The minimum absolute atomic E-state index is 0.222. The Balaban J connectivity index is 2.31. The summed E-state index contributed by atoms with van der Waals surface area (Å²) in [5.74, 6) is 0.454. The van der Waals surface area contributed by atoms with E-state index in [1.807, 2.05) is 30.3 Å². The van der Waals surface area contributed by atoms with Gasteiger partial charge in [-0.3, -0.25) is 4.68 Å². The van der Waals surface area contributed by atoms with Gasteiger partial charge < -0.3 is 0 Å². The summed E-state index contributed by atoms with van der Waals surface area (Å²) in [6.07, 6.45) is 2.35. The monoisotopic (exact) mass is 307 g/mol. The molecule has 114 valence electrons. The van der Waals surface area contributed by atoms with Gasteiger partial charge in [-0.05, 0) is 12.3 Å². The van der Waals surface area contributed by atoms with E-state index >= 15 is 0 Å². The van der Waals surface area contributed by atoms with Crippen LogP contribution in [0, 0.1) is 5.92 Å². The molecule has 21 heavy (non-hydrogen) atoms. The average Bonchev–Trinajstić information content (AvgIpc) is 2.82. The van der Waals surface area contributed by atoms with Crippen molar-refractivity contribution in [1.82, 2.24) is 14.5 Å². The molecule has 1 aromatic heterocycles. The van der Waals surface area contributed by atoms with E-state index in [4.69, 9.17) is 0 Å². The Morgan fingerprint density at radius 1 is 1.24 bits per heavy atom. The lowest BCUT2D eigenvalue weighted by molar-refractivity contribution is 0.551. The molecule has 0 radical (unpaired) electrons. The van der Waals surface area contributed by atoms with Crippen molar-refractivity contribution < 1.29 is 8.42 Å². The lowest BCUT2D eigenvalue weighted by Crippen LogP contribution is -2.25. The van der Waals surface area contributed by atoms with Crippen molar-refractivity contribution in [2.45, 2.75) is 25.2 Å². The van der Waals surface area contributed by atoms with E-state index in [1.54, 1.807) is 13.2 Å². The van der Waals surface area contributed by atoms with Crippen LogP contribution in [0.1, 0.15) is 20.3 Å². The Labute approximate surface area is 126 Å². The number of rotatable bonds is 6.